The molecule has 138 valence electrons. The highest BCUT2D eigenvalue weighted by Crippen LogP contribution is 2.14. The number of benzene rings is 1. The van der Waals surface area contributed by atoms with E-state index in [9.17, 15) is 9.59 Å². The maximum atomic E-state index is 11.7. The smallest absolute Gasteiger partial charge is 0.303 e. The van der Waals surface area contributed by atoms with Crippen LogP contribution in [0.4, 0.5) is 0 Å². The highest BCUT2D eigenvalue weighted by atomic mass is 16.5. The van der Waals surface area contributed by atoms with Crippen LogP contribution < -0.4 is 5.32 Å². The van der Waals surface area contributed by atoms with E-state index in [1.165, 1.54) is 0 Å². The number of carboxylic acids is 1. The van der Waals surface area contributed by atoms with Gasteiger partial charge >= 0.3 is 5.97 Å². The topological polar surface area (TPSA) is 84.9 Å². The summed E-state index contributed by atoms with van der Waals surface area (Å²) in [5.74, 6) is -0.862. The molecule has 1 amide bonds. The minimum absolute atomic E-state index is 0.0442. The van der Waals surface area contributed by atoms with Crippen molar-refractivity contribution in [2.45, 2.75) is 57.8 Å². The van der Waals surface area contributed by atoms with Crippen LogP contribution in [-0.2, 0) is 32.2 Å². The molecule has 25 heavy (non-hydrogen) atoms. The minimum Gasteiger partial charge on any atom is -0.481 e. The third kappa shape index (κ3) is 8.14. The molecule has 1 aromatic rings. The van der Waals surface area contributed by atoms with Gasteiger partial charge in [0.05, 0.1) is 12.7 Å². The van der Waals surface area contributed by atoms with Crippen molar-refractivity contribution in [3.05, 3.63) is 35.4 Å². The Morgan fingerprint density at radius 2 is 1.72 bits per heavy atom. The number of nitrogens with one attached hydrogen (secondary N) is 1. The Hall–Kier alpha value is -1.92. The van der Waals surface area contributed by atoms with Crippen LogP contribution in [0.1, 0.15) is 49.7 Å². The second kappa shape index (κ2) is 10.8. The quantitative estimate of drug-likeness (QED) is 0.634. The molecule has 1 fully saturated rings. The second-order valence-electron chi connectivity index (χ2n) is 6.32. The molecule has 1 saturated heterocycles. The molecule has 1 aromatic carbocycles. The first-order valence-corrected chi connectivity index (χ1v) is 8.89. The number of aliphatic carboxylic acids is 1. The van der Waals surface area contributed by atoms with Crippen LogP contribution in [0.5, 0.6) is 0 Å². The number of hydrogen-bond donors (Lipinski definition) is 2. The molecule has 1 aliphatic heterocycles. The third-order valence-corrected chi connectivity index (χ3v) is 4.21. The molecule has 6 heteroatoms. The molecule has 0 spiro atoms. The van der Waals surface area contributed by atoms with Crippen molar-refractivity contribution in [3.63, 3.8) is 0 Å². The van der Waals surface area contributed by atoms with Gasteiger partial charge in [0.2, 0.25) is 5.91 Å². The second-order valence-corrected chi connectivity index (χ2v) is 6.32. The van der Waals surface area contributed by atoms with Crippen LogP contribution in [-0.4, -0.2) is 36.3 Å². The van der Waals surface area contributed by atoms with Crippen LogP contribution in [0, 0.1) is 0 Å². The standard InChI is InChI=1S/C19H27NO5/c21-18(3-1-2-4-19(22)23)20-13-15-5-7-16(8-6-15)14-25-17-9-11-24-12-10-17/h5-8,17H,1-4,9-14H2,(H,20,21)(H,22,23). The molecule has 2 N–H and O–H groups in total. The Kier molecular flexibility index (Phi) is 8.42. The van der Waals surface area contributed by atoms with Crippen molar-refractivity contribution in [2.75, 3.05) is 13.2 Å². The van der Waals surface area contributed by atoms with Crippen molar-refractivity contribution in [1.82, 2.24) is 5.32 Å². The van der Waals surface area contributed by atoms with Gasteiger partial charge in [-0.05, 0) is 36.8 Å². The van der Waals surface area contributed by atoms with Crippen LogP contribution in [0.2, 0.25) is 0 Å². The van der Waals surface area contributed by atoms with E-state index in [1.54, 1.807) is 0 Å². The first-order valence-electron chi connectivity index (χ1n) is 8.89. The molecule has 0 unspecified atom stereocenters. The summed E-state index contributed by atoms with van der Waals surface area (Å²) in [7, 11) is 0. The predicted molar refractivity (Wildman–Crippen MR) is 93.0 cm³/mol. The van der Waals surface area contributed by atoms with E-state index in [0.29, 0.717) is 32.4 Å². The number of unbranched alkanes of at least 4 members (excludes halogenated alkanes) is 1. The summed E-state index contributed by atoms with van der Waals surface area (Å²) in [5, 5.41) is 11.4. The van der Waals surface area contributed by atoms with Crippen LogP contribution in [0.3, 0.4) is 0 Å². The van der Waals surface area contributed by atoms with Crippen LogP contribution >= 0.6 is 0 Å². The summed E-state index contributed by atoms with van der Waals surface area (Å²) >= 11 is 0. The third-order valence-electron chi connectivity index (χ3n) is 4.21. The minimum atomic E-state index is -0.818. The lowest BCUT2D eigenvalue weighted by molar-refractivity contribution is -0.137. The van der Waals surface area contributed by atoms with E-state index in [2.05, 4.69) is 5.32 Å². The zero-order valence-electron chi connectivity index (χ0n) is 14.5. The SMILES string of the molecule is O=C(O)CCCCC(=O)NCc1ccc(COC2CCOCC2)cc1. The van der Waals surface area contributed by atoms with Crippen molar-refractivity contribution < 1.29 is 24.2 Å². The fraction of sp³-hybridized carbons (Fsp3) is 0.579. The van der Waals surface area contributed by atoms with Gasteiger partial charge in [-0.3, -0.25) is 9.59 Å². The molecule has 0 bridgehead atoms. The Morgan fingerprint density at radius 3 is 2.40 bits per heavy atom. The largest absolute Gasteiger partial charge is 0.481 e. The van der Waals surface area contributed by atoms with Gasteiger partial charge in [0, 0.05) is 32.6 Å². The van der Waals surface area contributed by atoms with Gasteiger partial charge in [-0.25, -0.2) is 0 Å². The summed E-state index contributed by atoms with van der Waals surface area (Å²) in [4.78, 5) is 22.1. The molecule has 0 aromatic heterocycles. The van der Waals surface area contributed by atoms with Gasteiger partial charge in [-0.2, -0.15) is 0 Å². The first kappa shape index (κ1) is 19.4. The molecule has 0 aliphatic carbocycles. The zero-order chi connectivity index (χ0) is 17.9. The maximum absolute atomic E-state index is 11.7. The van der Waals surface area contributed by atoms with Crippen molar-refractivity contribution in [2.24, 2.45) is 0 Å². The fourth-order valence-corrected chi connectivity index (χ4v) is 2.66. The van der Waals surface area contributed by atoms with Crippen molar-refractivity contribution >= 4 is 11.9 Å². The van der Waals surface area contributed by atoms with E-state index in [1.807, 2.05) is 24.3 Å². The molecule has 1 aliphatic rings. The number of carbonyl (C=O) groups excluding carboxylic acids is 1. The predicted octanol–water partition coefficient (Wildman–Crippen LogP) is 2.64. The summed E-state index contributed by atoms with van der Waals surface area (Å²) in [5.41, 5.74) is 2.16. The average Bonchev–Trinajstić information content (AvgIpc) is 2.63. The number of carboxylic acid groups (broad SMARTS) is 1. The Morgan fingerprint density at radius 1 is 1.08 bits per heavy atom. The first-order chi connectivity index (χ1) is 12.1. The van der Waals surface area contributed by atoms with E-state index in [-0.39, 0.29) is 18.4 Å². The number of hydrogen-bond acceptors (Lipinski definition) is 4. The molecule has 0 atom stereocenters. The molecular weight excluding hydrogens is 322 g/mol. The molecule has 0 saturated carbocycles. The Bertz CT molecular complexity index is 537. The number of rotatable bonds is 10. The normalized spacial score (nSPS) is 15.0. The van der Waals surface area contributed by atoms with Crippen molar-refractivity contribution in [3.8, 4) is 0 Å². The fourth-order valence-electron chi connectivity index (χ4n) is 2.66. The van der Waals surface area contributed by atoms with Crippen LogP contribution in [0.25, 0.3) is 0 Å². The molecule has 0 radical (unpaired) electrons. The van der Waals surface area contributed by atoms with Crippen molar-refractivity contribution in [1.29, 1.82) is 0 Å². The number of amides is 1. The lowest BCUT2D eigenvalue weighted by Crippen LogP contribution is -2.23. The van der Waals surface area contributed by atoms with Gasteiger partial charge < -0.3 is 19.9 Å². The average molecular weight is 349 g/mol. The maximum Gasteiger partial charge on any atom is 0.303 e. The molecular formula is C19H27NO5. The number of carbonyl (C=O) groups is 2. The van der Waals surface area contributed by atoms with Gasteiger partial charge in [0.25, 0.3) is 0 Å². The van der Waals surface area contributed by atoms with E-state index in [4.69, 9.17) is 14.6 Å². The van der Waals surface area contributed by atoms with Gasteiger partial charge in [-0.15, -0.1) is 0 Å². The van der Waals surface area contributed by atoms with E-state index in [0.717, 1.165) is 37.2 Å². The zero-order valence-corrected chi connectivity index (χ0v) is 14.5. The van der Waals surface area contributed by atoms with E-state index >= 15 is 0 Å². The van der Waals surface area contributed by atoms with Crippen LogP contribution in [0.15, 0.2) is 24.3 Å². The number of ether oxygens (including phenoxy) is 2. The Labute approximate surface area is 148 Å². The van der Waals surface area contributed by atoms with Gasteiger partial charge in [0.15, 0.2) is 0 Å². The van der Waals surface area contributed by atoms with Gasteiger partial charge in [0.1, 0.15) is 0 Å². The lowest BCUT2D eigenvalue weighted by atomic mass is 10.1. The summed E-state index contributed by atoms with van der Waals surface area (Å²) < 4.78 is 11.2. The summed E-state index contributed by atoms with van der Waals surface area (Å²) in [6.45, 7) is 2.64. The summed E-state index contributed by atoms with van der Waals surface area (Å²) in [6.07, 6.45) is 3.81. The highest BCUT2D eigenvalue weighted by Gasteiger charge is 2.13. The summed E-state index contributed by atoms with van der Waals surface area (Å²) in [6, 6.07) is 8.03. The van der Waals surface area contributed by atoms with Gasteiger partial charge in [-0.1, -0.05) is 24.3 Å². The van der Waals surface area contributed by atoms with E-state index < -0.39 is 5.97 Å². The molecule has 2 rings (SSSR count). The molecule has 1 heterocycles. The highest BCUT2D eigenvalue weighted by molar-refractivity contribution is 5.75. The monoisotopic (exact) mass is 349 g/mol. The lowest BCUT2D eigenvalue weighted by Gasteiger charge is -2.22. The molecule has 6 nitrogen and oxygen atoms in total. The Balaban J connectivity index is 1.62.